The molecule has 1 amide bonds. The minimum atomic E-state index is -0.370. The Hall–Kier alpha value is -2.57. The van der Waals surface area contributed by atoms with E-state index in [-0.39, 0.29) is 23.7 Å². The van der Waals surface area contributed by atoms with Gasteiger partial charge in [-0.3, -0.25) is 9.89 Å². The van der Waals surface area contributed by atoms with Gasteiger partial charge in [0, 0.05) is 5.56 Å². The number of aryl methyl sites for hydroxylation is 1. The molecule has 1 aromatic carbocycles. The Labute approximate surface area is 116 Å². The Morgan fingerprint density at radius 3 is 2.85 bits per heavy atom. The van der Waals surface area contributed by atoms with Crippen molar-refractivity contribution in [2.24, 2.45) is 0 Å². The van der Waals surface area contributed by atoms with Crippen LogP contribution in [0.3, 0.4) is 0 Å². The average molecular weight is 275 g/mol. The summed E-state index contributed by atoms with van der Waals surface area (Å²) < 4.78 is 5.31. The van der Waals surface area contributed by atoms with Gasteiger partial charge in [-0.15, -0.1) is 5.10 Å². The molecule has 0 radical (unpaired) electrons. The molecule has 0 spiro atoms. The number of H-pyrrole nitrogens is 1. The lowest BCUT2D eigenvalue weighted by molar-refractivity contribution is 0.0929. The molecule has 0 saturated heterocycles. The number of aromatic amines is 1. The third kappa shape index (κ3) is 2.87. The average Bonchev–Trinajstić information content (AvgIpc) is 2.85. The Kier molecular flexibility index (Phi) is 3.88. The lowest BCUT2D eigenvalue weighted by atomic mass is 10.0. The summed E-state index contributed by atoms with van der Waals surface area (Å²) in [4.78, 5) is 15.8. The van der Waals surface area contributed by atoms with Gasteiger partial charge in [0.1, 0.15) is 5.75 Å². The van der Waals surface area contributed by atoms with Gasteiger partial charge >= 0.3 is 0 Å². The highest BCUT2D eigenvalue weighted by molar-refractivity contribution is 5.90. The molecule has 2 rings (SSSR count). The van der Waals surface area contributed by atoms with Crippen LogP contribution in [0.15, 0.2) is 18.2 Å². The monoisotopic (exact) mass is 275 g/mol. The van der Waals surface area contributed by atoms with E-state index in [0.717, 1.165) is 16.9 Å². The van der Waals surface area contributed by atoms with E-state index in [1.165, 1.54) is 0 Å². The number of aromatic nitrogens is 3. The number of nitrogens with zero attached hydrogens (tertiary/aromatic N) is 2. The van der Waals surface area contributed by atoms with Crippen LogP contribution in [0.2, 0.25) is 0 Å². The molecule has 7 heteroatoms. The fraction of sp³-hybridized carbons (Fsp3) is 0.308. The van der Waals surface area contributed by atoms with Crippen LogP contribution in [0.25, 0.3) is 0 Å². The third-order valence-corrected chi connectivity index (χ3v) is 2.92. The van der Waals surface area contributed by atoms with Crippen molar-refractivity contribution in [3.05, 3.63) is 35.2 Å². The first-order valence-corrected chi connectivity index (χ1v) is 6.14. The largest absolute Gasteiger partial charge is 0.496 e. The van der Waals surface area contributed by atoms with E-state index in [9.17, 15) is 4.79 Å². The second-order valence-corrected chi connectivity index (χ2v) is 4.48. The number of carbonyl (C=O) groups excluding carboxylic acids is 1. The fourth-order valence-electron chi connectivity index (χ4n) is 1.91. The molecule has 0 saturated carbocycles. The summed E-state index contributed by atoms with van der Waals surface area (Å²) in [5.41, 5.74) is 7.36. The molecule has 4 N–H and O–H groups in total. The zero-order valence-corrected chi connectivity index (χ0v) is 11.6. The molecular weight excluding hydrogens is 258 g/mol. The maximum absolute atomic E-state index is 12.0. The quantitative estimate of drug-likeness (QED) is 0.777. The van der Waals surface area contributed by atoms with Crippen LogP contribution in [0.1, 0.15) is 34.7 Å². The van der Waals surface area contributed by atoms with Gasteiger partial charge in [-0.25, -0.2) is 0 Å². The van der Waals surface area contributed by atoms with E-state index in [4.69, 9.17) is 10.5 Å². The lowest BCUT2D eigenvalue weighted by Gasteiger charge is -2.17. The Balaban J connectivity index is 2.17. The summed E-state index contributed by atoms with van der Waals surface area (Å²) >= 11 is 0. The normalized spacial score (nSPS) is 11.9. The lowest BCUT2D eigenvalue weighted by Crippen LogP contribution is -2.28. The summed E-state index contributed by atoms with van der Waals surface area (Å²) in [6.45, 7) is 3.85. The van der Waals surface area contributed by atoms with Crippen molar-refractivity contribution in [3.8, 4) is 5.75 Å². The van der Waals surface area contributed by atoms with Gasteiger partial charge in [0.2, 0.25) is 11.8 Å². The summed E-state index contributed by atoms with van der Waals surface area (Å²) in [6.07, 6.45) is 0. The molecular formula is C13H17N5O2. The molecule has 1 atom stereocenters. The predicted octanol–water partition coefficient (Wildman–Crippen LogP) is 1.19. The van der Waals surface area contributed by atoms with Crippen molar-refractivity contribution < 1.29 is 9.53 Å². The number of nitrogen functional groups attached to an aromatic ring is 1. The van der Waals surface area contributed by atoms with Gasteiger partial charge in [-0.05, 0) is 19.9 Å². The standard InChI is InChI=1S/C13H17N5O2/c1-7-4-5-10(20-3)9(6-7)8(2)15-12(19)11-16-13(14)18-17-11/h4-6,8H,1-3H3,(H,15,19)(H3,14,16,17,18). The van der Waals surface area contributed by atoms with Crippen molar-refractivity contribution in [2.45, 2.75) is 19.9 Å². The van der Waals surface area contributed by atoms with Gasteiger partial charge in [-0.2, -0.15) is 4.98 Å². The molecule has 1 aromatic heterocycles. The van der Waals surface area contributed by atoms with Crippen LogP contribution in [-0.2, 0) is 0 Å². The van der Waals surface area contributed by atoms with Crippen molar-refractivity contribution in [1.82, 2.24) is 20.5 Å². The number of nitrogens with one attached hydrogen (secondary N) is 2. The molecule has 0 fully saturated rings. The van der Waals surface area contributed by atoms with Gasteiger partial charge in [0.25, 0.3) is 5.91 Å². The summed E-state index contributed by atoms with van der Waals surface area (Å²) in [5, 5.41) is 8.91. The number of ether oxygens (including phenoxy) is 1. The SMILES string of the molecule is COc1ccc(C)cc1C(C)NC(=O)c1nc(N)n[nH]1. The molecule has 7 nitrogen and oxygen atoms in total. The zero-order chi connectivity index (χ0) is 14.7. The van der Waals surface area contributed by atoms with Crippen LogP contribution in [0.5, 0.6) is 5.75 Å². The van der Waals surface area contributed by atoms with Crippen molar-refractivity contribution >= 4 is 11.9 Å². The molecule has 0 aliphatic heterocycles. The van der Waals surface area contributed by atoms with E-state index in [1.54, 1.807) is 7.11 Å². The molecule has 20 heavy (non-hydrogen) atoms. The molecule has 0 bridgehead atoms. The maximum Gasteiger partial charge on any atom is 0.289 e. The highest BCUT2D eigenvalue weighted by atomic mass is 16.5. The number of amides is 1. The van der Waals surface area contributed by atoms with E-state index in [2.05, 4.69) is 20.5 Å². The minimum Gasteiger partial charge on any atom is -0.496 e. The number of hydrogen-bond donors (Lipinski definition) is 3. The second-order valence-electron chi connectivity index (χ2n) is 4.48. The first-order valence-electron chi connectivity index (χ1n) is 6.14. The van der Waals surface area contributed by atoms with Gasteiger partial charge in [0.15, 0.2) is 0 Å². The number of anilines is 1. The van der Waals surface area contributed by atoms with Crippen LogP contribution in [0.4, 0.5) is 5.95 Å². The number of nitrogens with two attached hydrogens (primary N) is 1. The fourth-order valence-corrected chi connectivity index (χ4v) is 1.91. The van der Waals surface area contributed by atoms with Crippen molar-refractivity contribution in [2.75, 3.05) is 12.8 Å². The number of methoxy groups -OCH3 is 1. The van der Waals surface area contributed by atoms with Crippen molar-refractivity contribution in [3.63, 3.8) is 0 Å². The molecule has 0 aliphatic rings. The number of carbonyl (C=O) groups is 1. The molecule has 1 unspecified atom stereocenters. The van der Waals surface area contributed by atoms with Crippen LogP contribution >= 0.6 is 0 Å². The Morgan fingerprint density at radius 2 is 2.25 bits per heavy atom. The van der Waals surface area contributed by atoms with E-state index in [0.29, 0.717) is 0 Å². The minimum absolute atomic E-state index is 0.0379. The molecule has 0 aliphatic carbocycles. The predicted molar refractivity (Wildman–Crippen MR) is 74.4 cm³/mol. The van der Waals surface area contributed by atoms with Crippen LogP contribution in [-0.4, -0.2) is 28.2 Å². The molecule has 106 valence electrons. The zero-order valence-electron chi connectivity index (χ0n) is 11.6. The summed E-state index contributed by atoms with van der Waals surface area (Å²) in [5.74, 6) is 0.475. The maximum atomic E-state index is 12.0. The first-order chi connectivity index (χ1) is 9.51. The number of rotatable bonds is 4. The highest BCUT2D eigenvalue weighted by Crippen LogP contribution is 2.26. The highest BCUT2D eigenvalue weighted by Gasteiger charge is 2.17. The van der Waals surface area contributed by atoms with E-state index in [1.807, 2.05) is 32.0 Å². The van der Waals surface area contributed by atoms with Crippen LogP contribution in [0, 0.1) is 6.92 Å². The van der Waals surface area contributed by atoms with Gasteiger partial charge < -0.3 is 15.8 Å². The van der Waals surface area contributed by atoms with Crippen molar-refractivity contribution in [1.29, 1.82) is 0 Å². The third-order valence-electron chi connectivity index (χ3n) is 2.92. The molecule has 2 aromatic rings. The smallest absolute Gasteiger partial charge is 0.289 e. The van der Waals surface area contributed by atoms with Gasteiger partial charge in [0.05, 0.1) is 13.2 Å². The Morgan fingerprint density at radius 1 is 1.50 bits per heavy atom. The summed E-state index contributed by atoms with van der Waals surface area (Å²) in [6, 6.07) is 5.57. The molecule has 1 heterocycles. The number of benzene rings is 1. The van der Waals surface area contributed by atoms with Crippen LogP contribution < -0.4 is 15.8 Å². The second kappa shape index (κ2) is 5.60. The van der Waals surface area contributed by atoms with Gasteiger partial charge in [-0.1, -0.05) is 17.7 Å². The summed E-state index contributed by atoms with van der Waals surface area (Å²) in [7, 11) is 1.60. The Bertz CT molecular complexity index is 623. The number of hydrogen-bond acceptors (Lipinski definition) is 5. The topological polar surface area (TPSA) is 106 Å². The van der Waals surface area contributed by atoms with E-state index < -0.39 is 0 Å². The van der Waals surface area contributed by atoms with E-state index >= 15 is 0 Å². The first kappa shape index (κ1) is 13.9.